The van der Waals surface area contributed by atoms with Gasteiger partial charge in [0.05, 0.1) is 42.0 Å². The Morgan fingerprint density at radius 3 is 2.55 bits per heavy atom. The van der Waals surface area contributed by atoms with Gasteiger partial charge >= 0.3 is 0 Å². The zero-order valence-corrected chi connectivity index (χ0v) is 23.3. The summed E-state index contributed by atoms with van der Waals surface area (Å²) in [6, 6.07) is 15.6. The lowest BCUT2D eigenvalue weighted by Crippen LogP contribution is -2.42. The average molecular weight is 562 g/mol. The Kier molecular flexibility index (Phi) is 7.01. The smallest absolute Gasteiger partial charge is 0.289 e. The molecule has 4 heterocycles. The van der Waals surface area contributed by atoms with Crippen molar-refractivity contribution in [3.63, 3.8) is 0 Å². The fraction of sp³-hybridized carbons (Fsp3) is 0.379. The van der Waals surface area contributed by atoms with Crippen LogP contribution in [0.4, 0.5) is 5.82 Å². The van der Waals surface area contributed by atoms with Crippen molar-refractivity contribution in [3.8, 4) is 11.1 Å². The van der Waals surface area contributed by atoms with E-state index < -0.39 is 15.7 Å². The van der Waals surface area contributed by atoms with Gasteiger partial charge in [-0.1, -0.05) is 41.6 Å². The summed E-state index contributed by atoms with van der Waals surface area (Å²) in [4.78, 5) is 25.1. The van der Waals surface area contributed by atoms with E-state index in [4.69, 9.17) is 14.2 Å². The van der Waals surface area contributed by atoms with Crippen molar-refractivity contribution in [2.24, 2.45) is 0 Å². The molecule has 1 amide bonds. The van der Waals surface area contributed by atoms with Crippen LogP contribution in [-0.2, 0) is 14.6 Å². The highest BCUT2D eigenvalue weighted by atomic mass is 32.2. The number of carbonyl (C=O) groups is 1. The first-order chi connectivity index (χ1) is 19.3. The monoisotopic (exact) mass is 561 g/mol. The van der Waals surface area contributed by atoms with E-state index in [0.717, 1.165) is 33.5 Å². The predicted octanol–water partition coefficient (Wildman–Crippen LogP) is 3.79. The van der Waals surface area contributed by atoms with Gasteiger partial charge in [-0.3, -0.25) is 4.79 Å². The molecule has 1 atom stereocenters. The number of fused-ring (bicyclic) bond motifs is 1. The fourth-order valence-electron chi connectivity index (χ4n) is 5.58. The number of hydrogen-bond donors (Lipinski definition) is 1. The van der Waals surface area contributed by atoms with Gasteiger partial charge in [0.2, 0.25) is 5.82 Å². The third kappa shape index (κ3) is 5.18. The lowest BCUT2D eigenvalue weighted by Gasteiger charge is -2.37. The zero-order chi connectivity index (χ0) is 27.9. The van der Waals surface area contributed by atoms with Crippen LogP contribution < -0.4 is 10.2 Å². The number of morpholine rings is 1. The Balaban J connectivity index is 1.44. The second kappa shape index (κ2) is 10.6. The number of ether oxygens (including phenoxy) is 1. The van der Waals surface area contributed by atoms with E-state index in [-0.39, 0.29) is 29.4 Å². The van der Waals surface area contributed by atoms with Crippen LogP contribution in [0, 0.1) is 13.8 Å². The maximum atomic E-state index is 13.4. The molecule has 10 nitrogen and oxygen atoms in total. The summed E-state index contributed by atoms with van der Waals surface area (Å²) in [5, 5.41) is 7.89. The number of carbonyl (C=O) groups excluding carboxylic acids is 1. The van der Waals surface area contributed by atoms with Crippen molar-refractivity contribution in [2.45, 2.75) is 38.8 Å². The molecule has 2 fully saturated rings. The quantitative estimate of drug-likeness (QED) is 0.387. The van der Waals surface area contributed by atoms with Gasteiger partial charge in [-0.15, -0.1) is 0 Å². The van der Waals surface area contributed by atoms with Gasteiger partial charge in [-0.2, -0.15) is 0 Å². The van der Waals surface area contributed by atoms with Crippen molar-refractivity contribution in [2.75, 3.05) is 36.2 Å². The fourth-order valence-corrected chi connectivity index (χ4v) is 7.07. The van der Waals surface area contributed by atoms with Crippen LogP contribution in [0.25, 0.3) is 22.0 Å². The number of nitrogens with one attached hydrogen (secondary N) is 1. The summed E-state index contributed by atoms with van der Waals surface area (Å²) >= 11 is 0. The molecule has 6 rings (SSSR count). The van der Waals surface area contributed by atoms with Gasteiger partial charge in [-0.05, 0) is 49.9 Å². The van der Waals surface area contributed by atoms with E-state index in [1.807, 2.05) is 50.2 Å². The minimum Gasteiger partial charge on any atom is -0.377 e. The SMILES string of the molecule is Cc1noc(C)c1-c1ccc2nc(C(=O)NC3CCS(=O)(=O)CC3)nc(N3CCOCC3c3ccccc3)c2c1. The van der Waals surface area contributed by atoms with Crippen LogP contribution >= 0.6 is 0 Å². The largest absolute Gasteiger partial charge is 0.377 e. The van der Waals surface area contributed by atoms with Crippen LogP contribution in [0.1, 0.15) is 46.5 Å². The van der Waals surface area contributed by atoms with Gasteiger partial charge < -0.3 is 19.5 Å². The van der Waals surface area contributed by atoms with Crippen molar-refractivity contribution in [1.29, 1.82) is 0 Å². The molecule has 2 aromatic carbocycles. The number of sulfone groups is 1. The van der Waals surface area contributed by atoms with Crippen LogP contribution in [-0.4, -0.2) is 66.8 Å². The topological polar surface area (TPSA) is 128 Å². The van der Waals surface area contributed by atoms with Gasteiger partial charge in [0, 0.05) is 23.5 Å². The zero-order valence-electron chi connectivity index (χ0n) is 22.5. The number of aromatic nitrogens is 3. The van der Waals surface area contributed by atoms with Crippen LogP contribution in [0.3, 0.4) is 0 Å². The number of amides is 1. The Hall–Kier alpha value is -3.83. The van der Waals surface area contributed by atoms with E-state index in [2.05, 4.69) is 32.5 Å². The Labute approximate surface area is 232 Å². The molecular formula is C29H31N5O5S. The van der Waals surface area contributed by atoms with Crippen molar-refractivity contribution in [1.82, 2.24) is 20.4 Å². The molecule has 4 aromatic rings. The highest BCUT2D eigenvalue weighted by molar-refractivity contribution is 7.91. The molecule has 2 saturated heterocycles. The predicted molar refractivity (Wildman–Crippen MR) is 151 cm³/mol. The van der Waals surface area contributed by atoms with Gasteiger partial charge in [0.25, 0.3) is 5.91 Å². The van der Waals surface area contributed by atoms with Crippen LogP contribution in [0.15, 0.2) is 53.1 Å². The third-order valence-electron chi connectivity index (χ3n) is 7.68. The van der Waals surface area contributed by atoms with Gasteiger partial charge in [-0.25, -0.2) is 18.4 Å². The summed E-state index contributed by atoms with van der Waals surface area (Å²) in [6.45, 7) is 5.38. The summed E-state index contributed by atoms with van der Waals surface area (Å²) in [5.74, 6) is 1.15. The van der Waals surface area contributed by atoms with E-state index in [9.17, 15) is 13.2 Å². The molecule has 0 bridgehead atoms. The molecular weight excluding hydrogens is 530 g/mol. The molecule has 2 aromatic heterocycles. The van der Waals surface area contributed by atoms with E-state index in [1.165, 1.54) is 0 Å². The molecule has 11 heteroatoms. The third-order valence-corrected chi connectivity index (χ3v) is 9.39. The summed E-state index contributed by atoms with van der Waals surface area (Å²) in [5.41, 5.74) is 4.36. The number of aryl methyl sites for hydroxylation is 2. The maximum absolute atomic E-state index is 13.4. The molecule has 208 valence electrons. The molecule has 0 saturated carbocycles. The average Bonchev–Trinajstić information content (AvgIpc) is 3.31. The van der Waals surface area contributed by atoms with Crippen LogP contribution in [0.2, 0.25) is 0 Å². The first-order valence-electron chi connectivity index (χ1n) is 13.4. The minimum atomic E-state index is -3.04. The number of benzene rings is 2. The molecule has 0 radical (unpaired) electrons. The molecule has 40 heavy (non-hydrogen) atoms. The second-order valence-corrected chi connectivity index (χ2v) is 12.7. The first kappa shape index (κ1) is 26.4. The summed E-state index contributed by atoms with van der Waals surface area (Å²) < 4.78 is 35.0. The maximum Gasteiger partial charge on any atom is 0.289 e. The van der Waals surface area contributed by atoms with Gasteiger partial charge in [0.1, 0.15) is 21.4 Å². The van der Waals surface area contributed by atoms with E-state index >= 15 is 0 Å². The summed E-state index contributed by atoms with van der Waals surface area (Å²) in [6.07, 6.45) is 0.768. The van der Waals surface area contributed by atoms with E-state index in [0.29, 0.717) is 43.9 Å². The normalized spacial score (nSPS) is 19.6. The van der Waals surface area contributed by atoms with Crippen molar-refractivity contribution >= 4 is 32.5 Å². The highest BCUT2D eigenvalue weighted by Gasteiger charge is 2.30. The molecule has 2 aliphatic rings. The number of nitrogens with zero attached hydrogens (tertiary/aromatic N) is 4. The highest BCUT2D eigenvalue weighted by Crippen LogP contribution is 2.36. The molecule has 1 N–H and O–H groups in total. The van der Waals surface area contributed by atoms with Gasteiger partial charge in [0.15, 0.2) is 0 Å². The van der Waals surface area contributed by atoms with Crippen molar-refractivity contribution < 1.29 is 22.5 Å². The minimum absolute atomic E-state index is 0.0549. The second-order valence-electron chi connectivity index (χ2n) is 10.4. The first-order valence-corrected chi connectivity index (χ1v) is 15.3. The number of rotatable bonds is 5. The Morgan fingerprint density at radius 2 is 1.82 bits per heavy atom. The van der Waals surface area contributed by atoms with Crippen molar-refractivity contribution in [3.05, 3.63) is 71.4 Å². The number of hydrogen-bond acceptors (Lipinski definition) is 9. The molecule has 2 aliphatic heterocycles. The summed E-state index contributed by atoms with van der Waals surface area (Å²) in [7, 11) is -3.04. The standard InChI is InChI=1S/C29H31N5O5S/c1-18-26(19(2)39-33-18)21-8-9-24-23(16-21)28(34-12-13-38-17-25(34)20-6-4-3-5-7-20)32-27(31-24)29(35)30-22-10-14-40(36,37)15-11-22/h3-9,16,22,25H,10-15,17H2,1-2H3,(H,30,35). The molecule has 1 unspecified atom stereocenters. The Bertz CT molecular complexity index is 1640. The van der Waals surface area contributed by atoms with E-state index in [1.54, 1.807) is 0 Å². The number of anilines is 1. The lowest BCUT2D eigenvalue weighted by molar-refractivity contribution is 0.0919. The molecule has 0 spiro atoms. The molecule has 0 aliphatic carbocycles. The lowest BCUT2D eigenvalue weighted by atomic mass is 10.0. The Morgan fingerprint density at radius 1 is 1.05 bits per heavy atom. The van der Waals surface area contributed by atoms with Crippen LogP contribution in [0.5, 0.6) is 0 Å².